The van der Waals surface area contributed by atoms with Crippen molar-refractivity contribution in [2.24, 2.45) is 0 Å². The van der Waals surface area contributed by atoms with E-state index >= 15 is 0 Å². The molecule has 0 aliphatic carbocycles. The molecule has 3 aromatic rings. The molecule has 40 heavy (non-hydrogen) atoms. The van der Waals surface area contributed by atoms with Crippen LogP contribution in [0.25, 0.3) is 0 Å². The lowest BCUT2D eigenvalue weighted by Crippen LogP contribution is -2.52. The molecule has 9 heteroatoms. The van der Waals surface area contributed by atoms with Gasteiger partial charge in [-0.05, 0) is 69.0 Å². The minimum atomic E-state index is -4.14. The van der Waals surface area contributed by atoms with Crippen molar-refractivity contribution in [3.8, 4) is 0 Å². The fraction of sp³-hybridized carbons (Fsp3) is 0.355. The van der Waals surface area contributed by atoms with Gasteiger partial charge >= 0.3 is 0 Å². The molecular formula is C31H38ClN3O4S. The number of anilines is 1. The predicted molar refractivity (Wildman–Crippen MR) is 161 cm³/mol. The molecule has 0 bridgehead atoms. The maximum atomic E-state index is 14.0. The van der Waals surface area contributed by atoms with Crippen molar-refractivity contribution in [1.29, 1.82) is 0 Å². The third-order valence-corrected chi connectivity index (χ3v) is 8.82. The number of sulfonamides is 1. The molecule has 0 spiro atoms. The minimum absolute atomic E-state index is 0.0615. The van der Waals surface area contributed by atoms with Gasteiger partial charge in [0.1, 0.15) is 12.6 Å². The number of benzene rings is 3. The van der Waals surface area contributed by atoms with Gasteiger partial charge in [-0.2, -0.15) is 0 Å². The van der Waals surface area contributed by atoms with Gasteiger partial charge in [0, 0.05) is 18.1 Å². The summed E-state index contributed by atoms with van der Waals surface area (Å²) < 4.78 is 29.0. The van der Waals surface area contributed by atoms with Crippen LogP contribution in [0, 0.1) is 13.8 Å². The predicted octanol–water partition coefficient (Wildman–Crippen LogP) is 5.53. The second kappa shape index (κ2) is 14.3. The molecule has 0 unspecified atom stereocenters. The smallest absolute Gasteiger partial charge is 0.264 e. The summed E-state index contributed by atoms with van der Waals surface area (Å²) in [6.07, 6.45) is 2.27. The lowest BCUT2D eigenvalue weighted by Gasteiger charge is -2.32. The fourth-order valence-electron chi connectivity index (χ4n) is 4.31. The molecule has 0 aliphatic heterocycles. The Morgan fingerprint density at radius 1 is 0.975 bits per heavy atom. The van der Waals surface area contributed by atoms with Crippen molar-refractivity contribution in [1.82, 2.24) is 10.2 Å². The zero-order valence-electron chi connectivity index (χ0n) is 23.6. The summed E-state index contributed by atoms with van der Waals surface area (Å²) in [4.78, 5) is 28.5. The summed E-state index contributed by atoms with van der Waals surface area (Å²) in [5.74, 6) is -0.758. The molecule has 0 aromatic heterocycles. The normalized spacial score (nSPS) is 12.0. The Morgan fingerprint density at radius 3 is 2.30 bits per heavy atom. The largest absolute Gasteiger partial charge is 0.354 e. The molecule has 2 amide bonds. The third-order valence-electron chi connectivity index (χ3n) is 6.81. The highest BCUT2D eigenvalue weighted by molar-refractivity contribution is 7.92. The van der Waals surface area contributed by atoms with Gasteiger partial charge in [0.05, 0.1) is 10.6 Å². The molecule has 7 nitrogen and oxygen atoms in total. The molecule has 0 aliphatic rings. The van der Waals surface area contributed by atoms with E-state index in [9.17, 15) is 18.0 Å². The van der Waals surface area contributed by atoms with Gasteiger partial charge in [-0.15, -0.1) is 0 Å². The number of unbranched alkanes of at least 4 members (excludes halogenated alkanes) is 1. The number of carbonyl (C=O) groups is 2. The monoisotopic (exact) mass is 583 g/mol. The molecule has 1 N–H and O–H groups in total. The Balaban J connectivity index is 1.99. The highest BCUT2D eigenvalue weighted by atomic mass is 35.5. The fourth-order valence-corrected chi connectivity index (χ4v) is 5.95. The molecule has 0 heterocycles. The number of aryl methyl sites for hydroxylation is 2. The Hall–Kier alpha value is -3.36. The second-order valence-electron chi connectivity index (χ2n) is 9.90. The number of nitrogens with one attached hydrogen (secondary N) is 1. The number of amides is 2. The summed E-state index contributed by atoms with van der Waals surface area (Å²) in [6, 6.07) is 20.3. The van der Waals surface area contributed by atoms with Crippen molar-refractivity contribution in [2.75, 3.05) is 23.9 Å². The van der Waals surface area contributed by atoms with Crippen LogP contribution in [0.5, 0.6) is 0 Å². The molecule has 1 atom stereocenters. The van der Waals surface area contributed by atoms with Crippen molar-refractivity contribution in [3.63, 3.8) is 0 Å². The first-order valence-electron chi connectivity index (χ1n) is 13.5. The molecule has 0 radical (unpaired) electrons. The number of hydrogen-bond acceptors (Lipinski definition) is 4. The molecule has 3 rings (SSSR count). The molecule has 214 valence electrons. The van der Waals surface area contributed by atoms with Gasteiger partial charge in [0.15, 0.2) is 0 Å². The van der Waals surface area contributed by atoms with E-state index in [1.165, 1.54) is 17.0 Å². The lowest BCUT2D eigenvalue weighted by atomic mass is 10.1. The summed E-state index contributed by atoms with van der Waals surface area (Å²) in [5, 5.41) is 3.25. The number of nitrogens with zero attached hydrogens (tertiary/aromatic N) is 2. The van der Waals surface area contributed by atoms with Gasteiger partial charge in [-0.25, -0.2) is 8.42 Å². The molecule has 0 saturated carbocycles. The summed E-state index contributed by atoms with van der Waals surface area (Å²) in [6.45, 7) is 7.62. The van der Waals surface area contributed by atoms with Gasteiger partial charge in [-0.3, -0.25) is 13.9 Å². The minimum Gasteiger partial charge on any atom is -0.354 e. The third kappa shape index (κ3) is 8.08. The van der Waals surface area contributed by atoms with Crippen molar-refractivity contribution >= 4 is 39.1 Å². The van der Waals surface area contributed by atoms with Crippen LogP contribution < -0.4 is 9.62 Å². The summed E-state index contributed by atoms with van der Waals surface area (Å²) in [5.41, 5.74) is 2.88. The van der Waals surface area contributed by atoms with Gasteiger partial charge in [-0.1, -0.05) is 79.0 Å². The Labute approximate surface area is 243 Å². The van der Waals surface area contributed by atoms with E-state index in [0.29, 0.717) is 29.2 Å². The average Bonchev–Trinajstić information content (AvgIpc) is 2.94. The number of halogens is 1. The van der Waals surface area contributed by atoms with Crippen LogP contribution in [0.3, 0.4) is 0 Å². The Kier molecular flexibility index (Phi) is 11.2. The molecular weight excluding hydrogens is 546 g/mol. The zero-order valence-corrected chi connectivity index (χ0v) is 25.1. The van der Waals surface area contributed by atoms with Crippen LogP contribution in [0.1, 0.15) is 43.4 Å². The van der Waals surface area contributed by atoms with Gasteiger partial charge in [0.25, 0.3) is 10.0 Å². The van der Waals surface area contributed by atoms with Crippen molar-refractivity contribution < 1.29 is 18.0 Å². The van der Waals surface area contributed by atoms with Crippen LogP contribution in [-0.2, 0) is 26.0 Å². The second-order valence-corrected chi connectivity index (χ2v) is 12.2. The van der Waals surface area contributed by atoms with E-state index in [1.54, 1.807) is 44.2 Å². The first-order valence-corrected chi connectivity index (χ1v) is 15.3. The first-order chi connectivity index (χ1) is 19.0. The van der Waals surface area contributed by atoms with E-state index in [4.69, 9.17) is 11.6 Å². The highest BCUT2D eigenvalue weighted by Gasteiger charge is 2.33. The average molecular weight is 584 g/mol. The summed E-state index contributed by atoms with van der Waals surface area (Å²) >= 11 is 6.28. The standard InChI is InChI=1S/C31H38ClN3O4S/c1-5-6-19-33-31(37)25(4)34(20-18-26-10-8-7-9-11-26)30(36)22-35(29-21-27(32)15-14-24(29)3)40(38,39)28-16-12-23(2)13-17-28/h7-17,21,25H,5-6,18-20,22H2,1-4H3,(H,33,37)/t25-/m1/s1. The van der Waals surface area contributed by atoms with Crippen LogP contribution in [0.2, 0.25) is 5.02 Å². The lowest BCUT2D eigenvalue weighted by molar-refractivity contribution is -0.138. The Morgan fingerprint density at radius 2 is 1.65 bits per heavy atom. The quantitative estimate of drug-likeness (QED) is 0.268. The maximum Gasteiger partial charge on any atom is 0.264 e. The zero-order chi connectivity index (χ0) is 29.3. The van der Waals surface area contributed by atoms with Crippen LogP contribution in [0.4, 0.5) is 5.69 Å². The van der Waals surface area contributed by atoms with E-state index in [2.05, 4.69) is 5.32 Å². The van der Waals surface area contributed by atoms with Crippen LogP contribution in [0.15, 0.2) is 77.7 Å². The van der Waals surface area contributed by atoms with Crippen LogP contribution in [-0.4, -0.2) is 50.8 Å². The van der Waals surface area contributed by atoms with Crippen LogP contribution >= 0.6 is 11.6 Å². The van der Waals surface area contributed by atoms with E-state index in [0.717, 1.165) is 28.3 Å². The first kappa shape index (κ1) is 31.2. The topological polar surface area (TPSA) is 86.8 Å². The summed E-state index contributed by atoms with van der Waals surface area (Å²) in [7, 11) is -4.14. The van der Waals surface area contributed by atoms with Gasteiger partial charge in [0.2, 0.25) is 11.8 Å². The number of carbonyl (C=O) groups excluding carboxylic acids is 2. The number of rotatable bonds is 13. The maximum absolute atomic E-state index is 14.0. The Bertz CT molecular complexity index is 1400. The molecule has 3 aromatic carbocycles. The van der Waals surface area contributed by atoms with E-state index in [1.807, 2.05) is 44.2 Å². The number of hydrogen-bond donors (Lipinski definition) is 1. The molecule has 0 fully saturated rings. The van der Waals surface area contributed by atoms with E-state index in [-0.39, 0.29) is 17.3 Å². The van der Waals surface area contributed by atoms with E-state index < -0.39 is 28.5 Å². The SMILES string of the molecule is CCCCNC(=O)[C@@H](C)N(CCc1ccccc1)C(=O)CN(c1cc(Cl)ccc1C)S(=O)(=O)c1ccc(C)cc1. The van der Waals surface area contributed by atoms with Crippen molar-refractivity contribution in [3.05, 3.63) is 94.5 Å². The van der Waals surface area contributed by atoms with Crippen molar-refractivity contribution in [2.45, 2.75) is 57.9 Å². The molecule has 0 saturated heterocycles. The highest BCUT2D eigenvalue weighted by Crippen LogP contribution is 2.30. The van der Waals surface area contributed by atoms with Gasteiger partial charge < -0.3 is 10.2 Å².